The number of amides is 1. The number of hydrogen-bond acceptors (Lipinski definition) is 4. The molecule has 0 radical (unpaired) electrons. The van der Waals surface area contributed by atoms with Crippen LogP contribution in [0.5, 0.6) is 11.5 Å². The van der Waals surface area contributed by atoms with Crippen LogP contribution in [0.25, 0.3) is 0 Å². The van der Waals surface area contributed by atoms with Crippen molar-refractivity contribution < 1.29 is 17.9 Å². The van der Waals surface area contributed by atoms with E-state index in [1.807, 2.05) is 0 Å². The molecule has 0 aliphatic heterocycles. The number of nitrogens with zero attached hydrogens (tertiary/aromatic N) is 1. The van der Waals surface area contributed by atoms with Gasteiger partial charge in [-0.15, -0.1) is 0 Å². The molecule has 1 N–H and O–H groups in total. The summed E-state index contributed by atoms with van der Waals surface area (Å²) in [5.41, 5.74) is 0.513. The Kier molecular flexibility index (Phi) is 5.40. The molecule has 0 bridgehead atoms. The van der Waals surface area contributed by atoms with E-state index >= 15 is 0 Å². The summed E-state index contributed by atoms with van der Waals surface area (Å²) in [5.74, 6) is 0.881. The number of sulfonamides is 1. The third kappa shape index (κ3) is 3.90. The van der Waals surface area contributed by atoms with Crippen molar-refractivity contribution in [3.8, 4) is 11.5 Å². The molecule has 0 aliphatic rings. The average molecular weight is 399 g/mol. The minimum atomic E-state index is -3.52. The third-order valence-corrected chi connectivity index (χ3v) is 5.43. The van der Waals surface area contributed by atoms with E-state index < -0.39 is 10.0 Å². The number of para-hydroxylation sites is 2. The molecule has 2 aromatic carbocycles. The lowest BCUT2D eigenvalue weighted by Crippen LogP contribution is -2.22. The molecule has 2 rings (SSSR count). The lowest BCUT2D eigenvalue weighted by atomic mass is 10.3. The van der Waals surface area contributed by atoms with Crippen LogP contribution >= 0.6 is 15.9 Å². The van der Waals surface area contributed by atoms with Crippen LogP contribution < -0.4 is 10.1 Å². The molecule has 0 atom stereocenters. The van der Waals surface area contributed by atoms with E-state index in [4.69, 9.17) is 4.74 Å². The average Bonchev–Trinajstić information content (AvgIpc) is 2.51. The van der Waals surface area contributed by atoms with E-state index in [1.54, 1.807) is 30.3 Å². The predicted octanol–water partition coefficient (Wildman–Crippen LogP) is 3.06. The number of rotatable bonds is 6. The fraction of sp³-hybridized carbons (Fsp3) is 0.133. The Morgan fingerprint density at radius 3 is 2.43 bits per heavy atom. The van der Waals surface area contributed by atoms with Gasteiger partial charge in [0.25, 0.3) is 0 Å². The van der Waals surface area contributed by atoms with Gasteiger partial charge in [-0.2, -0.15) is 0 Å². The molecule has 122 valence electrons. The number of ether oxygens (including phenoxy) is 1. The molecule has 0 spiro atoms. The summed E-state index contributed by atoms with van der Waals surface area (Å²) < 4.78 is 31.6. The van der Waals surface area contributed by atoms with Gasteiger partial charge in [-0.3, -0.25) is 4.79 Å². The van der Waals surface area contributed by atoms with Crippen LogP contribution in [0.1, 0.15) is 0 Å². The first kappa shape index (κ1) is 17.5. The van der Waals surface area contributed by atoms with E-state index in [9.17, 15) is 13.2 Å². The van der Waals surface area contributed by atoms with Gasteiger partial charge >= 0.3 is 0 Å². The van der Waals surface area contributed by atoms with Crippen molar-refractivity contribution in [3.05, 3.63) is 46.9 Å². The van der Waals surface area contributed by atoms with E-state index in [0.717, 1.165) is 4.31 Å². The van der Waals surface area contributed by atoms with E-state index in [-0.39, 0.29) is 4.90 Å². The minimum absolute atomic E-state index is 0.154. The summed E-state index contributed by atoms with van der Waals surface area (Å²) in [7, 11) is -0.582. The Morgan fingerprint density at radius 2 is 1.83 bits per heavy atom. The van der Waals surface area contributed by atoms with Gasteiger partial charge in [0, 0.05) is 14.1 Å². The zero-order valence-electron chi connectivity index (χ0n) is 12.5. The van der Waals surface area contributed by atoms with Gasteiger partial charge in [0.2, 0.25) is 16.4 Å². The Labute approximate surface area is 143 Å². The number of hydrogen-bond donors (Lipinski definition) is 1. The standard InChI is InChI=1S/C15H15BrN2O4S/c1-18(2)23(20,21)11-7-8-14(12(16)9-11)22-15-6-4-3-5-13(15)17-10-19/h3-10H,1-2H3,(H,17,19). The second-order valence-corrected chi connectivity index (χ2v) is 7.75. The molecule has 2 aromatic rings. The van der Waals surface area contributed by atoms with Crippen LogP contribution in [0.2, 0.25) is 0 Å². The normalized spacial score (nSPS) is 11.3. The SMILES string of the molecule is CN(C)S(=O)(=O)c1ccc(Oc2ccccc2NC=O)c(Br)c1. The van der Waals surface area contributed by atoms with Crippen molar-refractivity contribution in [2.45, 2.75) is 4.90 Å². The van der Waals surface area contributed by atoms with Gasteiger partial charge in [-0.25, -0.2) is 12.7 Å². The second kappa shape index (κ2) is 7.12. The minimum Gasteiger partial charge on any atom is -0.454 e. The van der Waals surface area contributed by atoms with Gasteiger partial charge < -0.3 is 10.1 Å². The van der Waals surface area contributed by atoms with Gasteiger partial charge in [0.1, 0.15) is 5.75 Å². The summed E-state index contributed by atoms with van der Waals surface area (Å²) in [6.07, 6.45) is 0.560. The van der Waals surface area contributed by atoms with Gasteiger partial charge in [0.05, 0.1) is 15.1 Å². The quantitative estimate of drug-likeness (QED) is 0.758. The van der Waals surface area contributed by atoms with Crippen LogP contribution in [0, 0.1) is 0 Å². The Morgan fingerprint density at radius 1 is 1.13 bits per heavy atom. The highest BCUT2D eigenvalue weighted by Crippen LogP contribution is 2.35. The monoisotopic (exact) mass is 398 g/mol. The highest BCUT2D eigenvalue weighted by atomic mass is 79.9. The molecule has 0 unspecified atom stereocenters. The van der Waals surface area contributed by atoms with Crippen LogP contribution in [0.15, 0.2) is 51.8 Å². The van der Waals surface area contributed by atoms with Crippen molar-refractivity contribution >= 4 is 38.1 Å². The molecule has 6 nitrogen and oxygen atoms in total. The van der Waals surface area contributed by atoms with E-state index in [0.29, 0.717) is 28.1 Å². The smallest absolute Gasteiger partial charge is 0.242 e. The molecule has 0 fully saturated rings. The van der Waals surface area contributed by atoms with Crippen molar-refractivity contribution in [1.29, 1.82) is 0 Å². The predicted molar refractivity (Wildman–Crippen MR) is 91.2 cm³/mol. The van der Waals surface area contributed by atoms with Crippen LogP contribution in [0.4, 0.5) is 5.69 Å². The van der Waals surface area contributed by atoms with Gasteiger partial charge in [0.15, 0.2) is 5.75 Å². The molecular formula is C15H15BrN2O4S. The number of nitrogens with one attached hydrogen (secondary N) is 1. The third-order valence-electron chi connectivity index (χ3n) is 3.00. The molecule has 0 aromatic heterocycles. The molecule has 0 heterocycles. The molecule has 8 heteroatoms. The summed E-state index contributed by atoms with van der Waals surface area (Å²) >= 11 is 3.31. The number of carbonyl (C=O) groups excluding carboxylic acids is 1. The van der Waals surface area contributed by atoms with Crippen LogP contribution in [-0.2, 0) is 14.8 Å². The lowest BCUT2D eigenvalue weighted by Gasteiger charge is -2.14. The topological polar surface area (TPSA) is 75.7 Å². The zero-order valence-corrected chi connectivity index (χ0v) is 14.9. The Bertz CT molecular complexity index is 822. The molecule has 0 saturated heterocycles. The van der Waals surface area contributed by atoms with E-state index in [1.165, 1.54) is 26.2 Å². The maximum Gasteiger partial charge on any atom is 0.242 e. The van der Waals surface area contributed by atoms with Crippen molar-refractivity contribution in [3.63, 3.8) is 0 Å². The number of carbonyl (C=O) groups is 1. The van der Waals surface area contributed by atoms with Crippen molar-refractivity contribution in [2.75, 3.05) is 19.4 Å². The number of halogens is 1. The Balaban J connectivity index is 2.35. The lowest BCUT2D eigenvalue weighted by molar-refractivity contribution is -0.105. The highest BCUT2D eigenvalue weighted by Gasteiger charge is 2.19. The van der Waals surface area contributed by atoms with Gasteiger partial charge in [-0.05, 0) is 46.3 Å². The molecule has 1 amide bonds. The largest absolute Gasteiger partial charge is 0.454 e. The summed E-state index contributed by atoms with van der Waals surface area (Å²) in [5, 5.41) is 2.54. The zero-order chi connectivity index (χ0) is 17.0. The van der Waals surface area contributed by atoms with Crippen LogP contribution in [0.3, 0.4) is 0 Å². The maximum absolute atomic E-state index is 12.1. The maximum atomic E-state index is 12.1. The number of anilines is 1. The highest BCUT2D eigenvalue weighted by molar-refractivity contribution is 9.10. The number of benzene rings is 2. The van der Waals surface area contributed by atoms with Crippen molar-refractivity contribution in [1.82, 2.24) is 4.31 Å². The first-order valence-electron chi connectivity index (χ1n) is 6.55. The van der Waals surface area contributed by atoms with E-state index in [2.05, 4.69) is 21.2 Å². The molecule has 23 heavy (non-hydrogen) atoms. The summed E-state index contributed by atoms with van der Waals surface area (Å²) in [6.45, 7) is 0. The van der Waals surface area contributed by atoms with Gasteiger partial charge in [-0.1, -0.05) is 12.1 Å². The van der Waals surface area contributed by atoms with Crippen LogP contribution in [-0.4, -0.2) is 33.2 Å². The second-order valence-electron chi connectivity index (χ2n) is 4.74. The summed E-state index contributed by atoms with van der Waals surface area (Å²) in [6, 6.07) is 11.4. The fourth-order valence-corrected chi connectivity index (χ4v) is 3.33. The van der Waals surface area contributed by atoms with Crippen molar-refractivity contribution in [2.24, 2.45) is 0 Å². The molecule has 0 aliphatic carbocycles. The summed E-state index contributed by atoms with van der Waals surface area (Å²) in [4.78, 5) is 10.8. The molecular weight excluding hydrogens is 384 g/mol. The first-order valence-corrected chi connectivity index (χ1v) is 8.78. The first-order chi connectivity index (χ1) is 10.9. The fourth-order valence-electron chi connectivity index (χ4n) is 1.79. The molecule has 0 saturated carbocycles. The Hall–Kier alpha value is -1.90.